The van der Waals surface area contributed by atoms with E-state index in [-0.39, 0.29) is 6.04 Å². The predicted octanol–water partition coefficient (Wildman–Crippen LogP) is 4.49. The number of para-hydroxylation sites is 1. The van der Waals surface area contributed by atoms with Gasteiger partial charge in [-0.25, -0.2) is 0 Å². The second-order valence-corrected chi connectivity index (χ2v) is 5.36. The summed E-state index contributed by atoms with van der Waals surface area (Å²) in [5, 5.41) is 0. The maximum absolute atomic E-state index is 6.10. The Morgan fingerprint density at radius 1 is 1.17 bits per heavy atom. The van der Waals surface area contributed by atoms with Crippen LogP contribution in [0.2, 0.25) is 0 Å². The standard InChI is InChI=1S/C15H16INO/c1-2-14(17)13-8-3-4-9-15(13)18-12-7-5-6-11(16)10-12/h3-10,14H,2,17H2,1H3/t14-/m0/s1. The van der Waals surface area contributed by atoms with Gasteiger partial charge in [0.05, 0.1) is 0 Å². The lowest BCUT2D eigenvalue weighted by atomic mass is 10.0. The van der Waals surface area contributed by atoms with E-state index in [4.69, 9.17) is 10.5 Å². The zero-order valence-electron chi connectivity index (χ0n) is 10.3. The molecule has 1 atom stereocenters. The Morgan fingerprint density at radius 3 is 2.67 bits per heavy atom. The van der Waals surface area contributed by atoms with Gasteiger partial charge in [-0.15, -0.1) is 0 Å². The molecule has 0 spiro atoms. The summed E-state index contributed by atoms with van der Waals surface area (Å²) in [7, 11) is 0. The molecular weight excluding hydrogens is 337 g/mol. The molecule has 0 aliphatic rings. The maximum Gasteiger partial charge on any atom is 0.132 e. The third-order valence-corrected chi connectivity index (χ3v) is 3.45. The number of hydrogen-bond donors (Lipinski definition) is 1. The molecule has 2 aromatic rings. The van der Waals surface area contributed by atoms with E-state index in [1.54, 1.807) is 0 Å². The molecule has 18 heavy (non-hydrogen) atoms. The molecule has 0 saturated heterocycles. The van der Waals surface area contributed by atoms with Gasteiger partial charge >= 0.3 is 0 Å². The van der Waals surface area contributed by atoms with Crippen molar-refractivity contribution in [1.29, 1.82) is 0 Å². The lowest BCUT2D eigenvalue weighted by Gasteiger charge is -2.15. The van der Waals surface area contributed by atoms with Gasteiger partial charge in [0.25, 0.3) is 0 Å². The molecule has 0 heterocycles. The van der Waals surface area contributed by atoms with Crippen molar-refractivity contribution in [3.8, 4) is 11.5 Å². The molecule has 2 nitrogen and oxygen atoms in total. The lowest BCUT2D eigenvalue weighted by Crippen LogP contribution is -2.09. The predicted molar refractivity (Wildman–Crippen MR) is 82.9 cm³/mol. The van der Waals surface area contributed by atoms with Crippen LogP contribution >= 0.6 is 22.6 Å². The van der Waals surface area contributed by atoms with Crippen molar-refractivity contribution >= 4 is 22.6 Å². The molecule has 0 bridgehead atoms. The third kappa shape index (κ3) is 3.23. The van der Waals surface area contributed by atoms with Gasteiger partial charge < -0.3 is 10.5 Å². The minimum absolute atomic E-state index is 0.0176. The Labute approximate surface area is 121 Å². The molecule has 2 rings (SSSR count). The summed E-state index contributed by atoms with van der Waals surface area (Å²) in [5.74, 6) is 1.69. The van der Waals surface area contributed by atoms with Gasteiger partial charge in [-0.1, -0.05) is 31.2 Å². The van der Waals surface area contributed by atoms with Crippen LogP contribution in [0.3, 0.4) is 0 Å². The number of halogens is 1. The van der Waals surface area contributed by atoms with Gasteiger partial charge in [0.15, 0.2) is 0 Å². The van der Waals surface area contributed by atoms with E-state index < -0.39 is 0 Å². The minimum Gasteiger partial charge on any atom is -0.457 e. The highest BCUT2D eigenvalue weighted by molar-refractivity contribution is 14.1. The van der Waals surface area contributed by atoms with Crippen molar-refractivity contribution in [3.05, 3.63) is 57.7 Å². The number of nitrogens with two attached hydrogens (primary N) is 1. The average molecular weight is 353 g/mol. The van der Waals surface area contributed by atoms with Crippen molar-refractivity contribution in [2.75, 3.05) is 0 Å². The molecule has 0 unspecified atom stereocenters. The van der Waals surface area contributed by atoms with E-state index in [9.17, 15) is 0 Å². The zero-order chi connectivity index (χ0) is 13.0. The molecule has 0 aliphatic carbocycles. The van der Waals surface area contributed by atoms with Crippen molar-refractivity contribution in [2.45, 2.75) is 19.4 Å². The first kappa shape index (κ1) is 13.4. The fraction of sp³-hybridized carbons (Fsp3) is 0.200. The van der Waals surface area contributed by atoms with Crippen LogP contribution < -0.4 is 10.5 Å². The lowest BCUT2D eigenvalue weighted by molar-refractivity contribution is 0.468. The van der Waals surface area contributed by atoms with Crippen LogP contribution in [-0.4, -0.2) is 0 Å². The van der Waals surface area contributed by atoms with Crippen LogP contribution in [0.4, 0.5) is 0 Å². The molecule has 0 saturated carbocycles. The van der Waals surface area contributed by atoms with Crippen molar-refractivity contribution in [2.24, 2.45) is 5.73 Å². The van der Waals surface area contributed by atoms with Crippen LogP contribution in [-0.2, 0) is 0 Å². The summed E-state index contributed by atoms with van der Waals surface area (Å²) < 4.78 is 7.08. The normalized spacial score (nSPS) is 12.2. The highest BCUT2D eigenvalue weighted by atomic mass is 127. The Kier molecular flexibility index (Phi) is 4.60. The molecule has 0 fully saturated rings. The first-order chi connectivity index (χ1) is 8.70. The molecule has 2 aromatic carbocycles. The number of ether oxygens (including phenoxy) is 1. The van der Waals surface area contributed by atoms with E-state index in [1.165, 1.54) is 0 Å². The molecule has 0 radical (unpaired) electrons. The van der Waals surface area contributed by atoms with Crippen molar-refractivity contribution in [1.82, 2.24) is 0 Å². The van der Waals surface area contributed by atoms with Crippen LogP contribution in [0.15, 0.2) is 48.5 Å². The first-order valence-electron chi connectivity index (χ1n) is 5.98. The SMILES string of the molecule is CC[C@H](N)c1ccccc1Oc1cccc(I)c1. The molecule has 94 valence electrons. The van der Waals surface area contributed by atoms with Gasteiger partial charge in [-0.3, -0.25) is 0 Å². The van der Waals surface area contributed by atoms with E-state index in [0.29, 0.717) is 0 Å². The summed E-state index contributed by atoms with van der Waals surface area (Å²) >= 11 is 2.27. The summed E-state index contributed by atoms with van der Waals surface area (Å²) in [6.45, 7) is 2.08. The smallest absolute Gasteiger partial charge is 0.132 e. The van der Waals surface area contributed by atoms with Gasteiger partial charge in [0.1, 0.15) is 11.5 Å². The largest absolute Gasteiger partial charge is 0.457 e. The van der Waals surface area contributed by atoms with Crippen LogP contribution in [0.5, 0.6) is 11.5 Å². The summed E-state index contributed by atoms with van der Waals surface area (Å²) in [5.41, 5.74) is 7.15. The van der Waals surface area contributed by atoms with E-state index in [0.717, 1.165) is 27.1 Å². The Bertz CT molecular complexity index is 527. The average Bonchev–Trinajstić information content (AvgIpc) is 2.38. The number of rotatable bonds is 4. The molecule has 0 aromatic heterocycles. The zero-order valence-corrected chi connectivity index (χ0v) is 12.4. The quantitative estimate of drug-likeness (QED) is 0.822. The molecule has 0 aliphatic heterocycles. The van der Waals surface area contributed by atoms with Crippen LogP contribution in [0.1, 0.15) is 24.9 Å². The van der Waals surface area contributed by atoms with Gasteiger partial charge in [0, 0.05) is 15.2 Å². The van der Waals surface area contributed by atoms with Gasteiger partial charge in [0.2, 0.25) is 0 Å². The van der Waals surface area contributed by atoms with Crippen molar-refractivity contribution in [3.63, 3.8) is 0 Å². The molecule has 0 amide bonds. The van der Waals surface area contributed by atoms with E-state index in [1.807, 2.05) is 48.5 Å². The van der Waals surface area contributed by atoms with Crippen LogP contribution in [0, 0.1) is 3.57 Å². The summed E-state index contributed by atoms with van der Waals surface area (Å²) in [6, 6.07) is 16.0. The highest BCUT2D eigenvalue weighted by Crippen LogP contribution is 2.30. The fourth-order valence-corrected chi connectivity index (χ4v) is 2.27. The monoisotopic (exact) mass is 353 g/mol. The second-order valence-electron chi connectivity index (χ2n) is 4.11. The Hall–Kier alpha value is -1.07. The first-order valence-corrected chi connectivity index (χ1v) is 7.06. The number of hydrogen-bond acceptors (Lipinski definition) is 2. The van der Waals surface area contributed by atoms with Gasteiger partial charge in [-0.05, 0) is 53.3 Å². The van der Waals surface area contributed by atoms with Crippen LogP contribution in [0.25, 0.3) is 0 Å². The topological polar surface area (TPSA) is 35.2 Å². The van der Waals surface area contributed by atoms with E-state index in [2.05, 4.69) is 29.5 Å². The molecule has 3 heteroatoms. The van der Waals surface area contributed by atoms with Gasteiger partial charge in [-0.2, -0.15) is 0 Å². The third-order valence-electron chi connectivity index (χ3n) is 2.78. The maximum atomic E-state index is 6.10. The molecular formula is C15H16INO. The fourth-order valence-electron chi connectivity index (χ4n) is 1.76. The van der Waals surface area contributed by atoms with Crippen molar-refractivity contribution < 1.29 is 4.74 Å². The molecule has 2 N–H and O–H groups in total. The summed E-state index contributed by atoms with van der Waals surface area (Å²) in [6.07, 6.45) is 0.896. The highest BCUT2D eigenvalue weighted by Gasteiger charge is 2.10. The second kappa shape index (κ2) is 6.20. The van der Waals surface area contributed by atoms with E-state index >= 15 is 0 Å². The summed E-state index contributed by atoms with van der Waals surface area (Å²) in [4.78, 5) is 0. The number of benzene rings is 2. The Balaban J connectivity index is 2.29. The minimum atomic E-state index is 0.0176. The Morgan fingerprint density at radius 2 is 1.94 bits per heavy atom.